The molecule has 0 radical (unpaired) electrons. The summed E-state index contributed by atoms with van der Waals surface area (Å²) in [7, 11) is 3.86. The zero-order chi connectivity index (χ0) is 13.9. The normalized spacial score (nSPS) is 20.9. The summed E-state index contributed by atoms with van der Waals surface area (Å²) in [5.41, 5.74) is 2.60. The number of hydrogen-bond donors (Lipinski definition) is 0. The maximum absolute atomic E-state index is 5.32. The van der Waals surface area contributed by atoms with Crippen LogP contribution in [0.5, 0.6) is 5.88 Å². The van der Waals surface area contributed by atoms with E-state index in [1.54, 1.807) is 13.3 Å². The average Bonchev–Trinajstić information content (AvgIpc) is 3.29. The highest BCUT2D eigenvalue weighted by Crippen LogP contribution is 2.44. The van der Waals surface area contributed by atoms with Gasteiger partial charge in [0.15, 0.2) is 0 Å². The van der Waals surface area contributed by atoms with E-state index in [1.165, 1.54) is 12.0 Å². The molecule has 1 heterocycles. The number of aromatic nitrogens is 1. The molecule has 3 nitrogen and oxygen atoms in total. The first-order valence-corrected chi connectivity index (χ1v) is 7.02. The van der Waals surface area contributed by atoms with Gasteiger partial charge in [0, 0.05) is 30.3 Å². The molecule has 2 atom stereocenters. The SMILES string of the molecule is COc1ncccc1CN(C)C1CC1c1ccccc1. The van der Waals surface area contributed by atoms with Gasteiger partial charge in [0.25, 0.3) is 0 Å². The summed E-state index contributed by atoms with van der Waals surface area (Å²) in [5.74, 6) is 1.40. The molecule has 1 aromatic heterocycles. The lowest BCUT2D eigenvalue weighted by molar-refractivity contribution is 0.300. The second kappa shape index (κ2) is 5.63. The van der Waals surface area contributed by atoms with Crippen molar-refractivity contribution in [2.45, 2.75) is 24.9 Å². The van der Waals surface area contributed by atoms with Gasteiger partial charge in [-0.05, 0) is 25.1 Å². The Morgan fingerprint density at radius 3 is 2.75 bits per heavy atom. The minimum atomic E-state index is 0.627. The molecule has 3 rings (SSSR count). The Bertz CT molecular complexity index is 570. The first-order valence-electron chi connectivity index (χ1n) is 7.02. The Morgan fingerprint density at radius 2 is 2.00 bits per heavy atom. The first kappa shape index (κ1) is 13.1. The minimum absolute atomic E-state index is 0.627. The summed E-state index contributed by atoms with van der Waals surface area (Å²) in [6.07, 6.45) is 3.01. The van der Waals surface area contributed by atoms with Crippen molar-refractivity contribution < 1.29 is 4.74 Å². The second-order valence-corrected chi connectivity index (χ2v) is 5.41. The predicted molar refractivity (Wildman–Crippen MR) is 79.8 cm³/mol. The molecule has 0 N–H and O–H groups in total. The lowest BCUT2D eigenvalue weighted by Crippen LogP contribution is -2.22. The van der Waals surface area contributed by atoms with Gasteiger partial charge in [-0.1, -0.05) is 36.4 Å². The number of hydrogen-bond acceptors (Lipinski definition) is 3. The van der Waals surface area contributed by atoms with Crippen molar-refractivity contribution in [2.75, 3.05) is 14.2 Å². The predicted octanol–water partition coefficient (Wildman–Crippen LogP) is 3.08. The van der Waals surface area contributed by atoms with Crippen molar-refractivity contribution in [3.63, 3.8) is 0 Å². The summed E-state index contributed by atoms with van der Waals surface area (Å²) in [4.78, 5) is 6.66. The molecule has 0 aliphatic heterocycles. The summed E-state index contributed by atoms with van der Waals surface area (Å²) < 4.78 is 5.32. The summed E-state index contributed by atoms with van der Waals surface area (Å²) in [5, 5.41) is 0. The molecule has 0 spiro atoms. The lowest BCUT2D eigenvalue weighted by atomic mass is 10.1. The van der Waals surface area contributed by atoms with Crippen LogP contribution in [-0.4, -0.2) is 30.1 Å². The van der Waals surface area contributed by atoms with Crippen LogP contribution in [0.2, 0.25) is 0 Å². The molecule has 1 saturated carbocycles. The van der Waals surface area contributed by atoms with E-state index in [-0.39, 0.29) is 0 Å². The Labute approximate surface area is 120 Å². The molecular formula is C17H20N2O. The number of rotatable bonds is 5. The molecule has 0 saturated heterocycles. The third-order valence-electron chi connectivity index (χ3n) is 4.01. The Balaban J connectivity index is 1.65. The minimum Gasteiger partial charge on any atom is -0.481 e. The molecule has 0 amide bonds. The van der Waals surface area contributed by atoms with Gasteiger partial charge in [-0.25, -0.2) is 4.98 Å². The van der Waals surface area contributed by atoms with Crippen molar-refractivity contribution in [1.29, 1.82) is 0 Å². The number of ether oxygens (including phenoxy) is 1. The Hall–Kier alpha value is -1.87. The van der Waals surface area contributed by atoms with Crippen LogP contribution in [0.1, 0.15) is 23.5 Å². The van der Waals surface area contributed by atoms with E-state index in [4.69, 9.17) is 4.74 Å². The van der Waals surface area contributed by atoms with Crippen molar-refractivity contribution in [3.05, 3.63) is 59.8 Å². The van der Waals surface area contributed by atoms with Crippen molar-refractivity contribution in [2.24, 2.45) is 0 Å². The molecule has 1 aromatic carbocycles. The molecular weight excluding hydrogens is 248 g/mol. The zero-order valence-corrected chi connectivity index (χ0v) is 12.0. The quantitative estimate of drug-likeness (QED) is 0.833. The summed E-state index contributed by atoms with van der Waals surface area (Å²) in [6.45, 7) is 0.880. The van der Waals surface area contributed by atoms with Crippen LogP contribution in [0.15, 0.2) is 48.7 Å². The first-order chi connectivity index (χ1) is 9.79. The Morgan fingerprint density at radius 1 is 1.20 bits per heavy atom. The zero-order valence-electron chi connectivity index (χ0n) is 12.0. The molecule has 1 aliphatic rings. The maximum Gasteiger partial charge on any atom is 0.217 e. The van der Waals surface area contributed by atoms with Crippen LogP contribution in [-0.2, 0) is 6.54 Å². The average molecular weight is 268 g/mol. The largest absolute Gasteiger partial charge is 0.481 e. The monoisotopic (exact) mass is 268 g/mol. The highest BCUT2D eigenvalue weighted by Gasteiger charge is 2.41. The van der Waals surface area contributed by atoms with Gasteiger partial charge in [0.2, 0.25) is 5.88 Å². The van der Waals surface area contributed by atoms with Gasteiger partial charge in [0.05, 0.1) is 7.11 Å². The molecule has 3 heteroatoms. The van der Waals surface area contributed by atoms with E-state index in [0.29, 0.717) is 12.0 Å². The molecule has 104 valence electrons. The van der Waals surface area contributed by atoms with Crippen LogP contribution >= 0.6 is 0 Å². The number of pyridine rings is 1. The van der Waals surface area contributed by atoms with Crippen LogP contribution in [0.4, 0.5) is 0 Å². The van der Waals surface area contributed by atoms with E-state index in [2.05, 4.69) is 53.3 Å². The van der Waals surface area contributed by atoms with Gasteiger partial charge in [-0.2, -0.15) is 0 Å². The molecule has 20 heavy (non-hydrogen) atoms. The fourth-order valence-electron chi connectivity index (χ4n) is 2.84. The van der Waals surface area contributed by atoms with Gasteiger partial charge >= 0.3 is 0 Å². The standard InChI is InChI=1S/C17H20N2O/c1-19(12-14-9-6-10-18-17(14)20-2)16-11-15(16)13-7-4-3-5-8-13/h3-10,15-16H,11-12H2,1-2H3. The van der Waals surface area contributed by atoms with E-state index in [1.807, 2.05) is 6.07 Å². The van der Waals surface area contributed by atoms with Crippen molar-refractivity contribution >= 4 is 0 Å². The highest BCUT2D eigenvalue weighted by molar-refractivity contribution is 5.29. The third kappa shape index (κ3) is 2.68. The second-order valence-electron chi connectivity index (χ2n) is 5.41. The molecule has 1 fully saturated rings. The highest BCUT2D eigenvalue weighted by atomic mass is 16.5. The fourth-order valence-corrected chi connectivity index (χ4v) is 2.84. The van der Waals surface area contributed by atoms with Gasteiger partial charge in [-0.3, -0.25) is 4.90 Å². The number of likely N-dealkylation sites (N-methyl/N-ethyl adjacent to an activating group) is 1. The van der Waals surface area contributed by atoms with Crippen LogP contribution < -0.4 is 4.74 Å². The van der Waals surface area contributed by atoms with Gasteiger partial charge < -0.3 is 4.74 Å². The van der Waals surface area contributed by atoms with E-state index in [9.17, 15) is 0 Å². The van der Waals surface area contributed by atoms with Crippen LogP contribution in [0.3, 0.4) is 0 Å². The van der Waals surface area contributed by atoms with Crippen molar-refractivity contribution in [3.8, 4) is 5.88 Å². The smallest absolute Gasteiger partial charge is 0.217 e. The third-order valence-corrected chi connectivity index (χ3v) is 4.01. The topological polar surface area (TPSA) is 25.4 Å². The van der Waals surface area contributed by atoms with E-state index < -0.39 is 0 Å². The number of methoxy groups -OCH3 is 1. The summed E-state index contributed by atoms with van der Waals surface area (Å²) >= 11 is 0. The van der Waals surface area contributed by atoms with Gasteiger partial charge in [-0.15, -0.1) is 0 Å². The van der Waals surface area contributed by atoms with Crippen LogP contribution in [0.25, 0.3) is 0 Å². The van der Waals surface area contributed by atoms with Gasteiger partial charge in [0.1, 0.15) is 0 Å². The lowest BCUT2D eigenvalue weighted by Gasteiger charge is -2.18. The maximum atomic E-state index is 5.32. The van der Waals surface area contributed by atoms with E-state index in [0.717, 1.165) is 18.0 Å². The molecule has 2 aromatic rings. The fraction of sp³-hybridized carbons (Fsp3) is 0.353. The van der Waals surface area contributed by atoms with Crippen LogP contribution in [0, 0.1) is 0 Å². The number of nitrogens with zero attached hydrogens (tertiary/aromatic N) is 2. The van der Waals surface area contributed by atoms with Crippen molar-refractivity contribution in [1.82, 2.24) is 9.88 Å². The molecule has 0 bridgehead atoms. The number of benzene rings is 1. The summed E-state index contributed by atoms with van der Waals surface area (Å²) in [6, 6.07) is 15.4. The Kier molecular flexibility index (Phi) is 3.70. The molecule has 1 aliphatic carbocycles. The van der Waals surface area contributed by atoms with E-state index >= 15 is 0 Å². The molecule has 2 unspecified atom stereocenters.